The van der Waals surface area contributed by atoms with Crippen molar-refractivity contribution in [3.8, 4) is 11.5 Å². The number of methoxy groups -OCH3 is 1. The van der Waals surface area contributed by atoms with Gasteiger partial charge in [0.05, 0.1) is 13.3 Å². The van der Waals surface area contributed by atoms with Gasteiger partial charge in [0.25, 0.3) is 0 Å². The smallest absolute Gasteiger partial charge is 0.157 e. The molecule has 1 aliphatic rings. The number of hydrogen-bond acceptors (Lipinski definition) is 6. The molecule has 2 rings (SSSR count). The van der Waals surface area contributed by atoms with Crippen LogP contribution < -0.4 is 4.74 Å². The van der Waals surface area contributed by atoms with E-state index < -0.39 is 5.54 Å². The van der Waals surface area contributed by atoms with Crippen molar-refractivity contribution in [3.63, 3.8) is 0 Å². The van der Waals surface area contributed by atoms with Crippen LogP contribution in [-0.4, -0.2) is 39.3 Å². The number of hydrogen-bond donors (Lipinski definition) is 1. The van der Waals surface area contributed by atoms with E-state index in [-0.39, 0.29) is 11.5 Å². The number of nitrogens with zero attached hydrogens (tertiary/aromatic N) is 2. The van der Waals surface area contributed by atoms with Crippen LogP contribution in [0.25, 0.3) is 0 Å². The third kappa shape index (κ3) is 2.20. The van der Waals surface area contributed by atoms with E-state index in [1.807, 2.05) is 0 Å². The Morgan fingerprint density at radius 1 is 1.61 bits per heavy atom. The van der Waals surface area contributed by atoms with Gasteiger partial charge in [0.1, 0.15) is 27.8 Å². The van der Waals surface area contributed by atoms with Crippen LogP contribution in [0.3, 0.4) is 0 Å². The topological polar surface area (TPSA) is 71.8 Å². The Morgan fingerprint density at radius 2 is 2.33 bits per heavy atom. The maximum absolute atomic E-state index is 11.5. The minimum atomic E-state index is -0.714. The van der Waals surface area contributed by atoms with E-state index >= 15 is 0 Å². The normalized spacial score (nSPS) is 22.7. The van der Waals surface area contributed by atoms with Crippen molar-refractivity contribution in [2.45, 2.75) is 19.4 Å². The van der Waals surface area contributed by atoms with E-state index in [9.17, 15) is 9.90 Å². The van der Waals surface area contributed by atoms with Crippen molar-refractivity contribution in [2.24, 2.45) is 4.99 Å². The van der Waals surface area contributed by atoms with Crippen LogP contribution in [-0.2, 0) is 4.79 Å². The van der Waals surface area contributed by atoms with Crippen molar-refractivity contribution in [1.29, 1.82) is 0 Å². The van der Waals surface area contributed by atoms with Crippen molar-refractivity contribution in [3.05, 3.63) is 18.0 Å². The van der Waals surface area contributed by atoms with Crippen LogP contribution >= 0.6 is 11.8 Å². The number of aliphatic imine (C=N–C) groups is 1. The number of aromatic nitrogens is 1. The lowest BCUT2D eigenvalue weighted by Crippen LogP contribution is -2.31. The first-order chi connectivity index (χ1) is 8.46. The Labute approximate surface area is 109 Å². The van der Waals surface area contributed by atoms with Crippen LogP contribution in [0.4, 0.5) is 0 Å². The van der Waals surface area contributed by atoms with Crippen molar-refractivity contribution in [2.75, 3.05) is 12.9 Å². The van der Waals surface area contributed by atoms with Crippen LogP contribution in [0.1, 0.15) is 19.5 Å². The van der Waals surface area contributed by atoms with Crippen LogP contribution in [0, 0.1) is 0 Å². The quantitative estimate of drug-likeness (QED) is 0.900. The lowest BCUT2D eigenvalue weighted by atomic mass is 10.0. The van der Waals surface area contributed by atoms with Gasteiger partial charge in [-0.05, 0) is 13.8 Å². The van der Waals surface area contributed by atoms with Crippen molar-refractivity contribution >= 4 is 22.6 Å². The largest absolute Gasteiger partial charge is 0.505 e. The summed E-state index contributed by atoms with van der Waals surface area (Å²) in [5, 5.41) is 10.5. The summed E-state index contributed by atoms with van der Waals surface area (Å²) in [5.74, 6) is 1.07. The molecule has 1 aliphatic heterocycles. The Morgan fingerprint density at radius 3 is 2.83 bits per heavy atom. The van der Waals surface area contributed by atoms with E-state index in [4.69, 9.17) is 4.74 Å². The molecule has 0 radical (unpaired) electrons. The molecular formula is C12H14N2O3S. The molecule has 0 spiro atoms. The maximum Gasteiger partial charge on any atom is 0.157 e. The van der Waals surface area contributed by atoms with Crippen LogP contribution in [0.2, 0.25) is 0 Å². The number of carbonyl (C=O) groups excluding carboxylic acids is 1. The van der Waals surface area contributed by atoms with E-state index in [1.54, 1.807) is 6.92 Å². The molecule has 0 unspecified atom stereocenters. The fraction of sp³-hybridized carbons (Fsp3) is 0.417. The number of ether oxygens (including phenoxy) is 1. The molecule has 1 atom stereocenters. The predicted molar refractivity (Wildman–Crippen MR) is 70.5 cm³/mol. The Balaban J connectivity index is 2.37. The molecule has 18 heavy (non-hydrogen) atoms. The molecular weight excluding hydrogens is 252 g/mol. The lowest BCUT2D eigenvalue weighted by molar-refractivity contribution is -0.120. The highest BCUT2D eigenvalue weighted by Gasteiger charge is 2.36. The van der Waals surface area contributed by atoms with Gasteiger partial charge in [0, 0.05) is 11.8 Å². The summed E-state index contributed by atoms with van der Waals surface area (Å²) in [6.07, 6.45) is 1.52. The fourth-order valence-electron chi connectivity index (χ4n) is 1.51. The molecule has 0 aliphatic carbocycles. The van der Waals surface area contributed by atoms with Gasteiger partial charge in [-0.3, -0.25) is 9.79 Å². The number of aromatic hydroxyl groups is 1. The monoisotopic (exact) mass is 266 g/mol. The van der Waals surface area contributed by atoms with E-state index in [2.05, 4.69) is 9.98 Å². The van der Waals surface area contributed by atoms with Crippen LogP contribution in [0.5, 0.6) is 11.5 Å². The minimum absolute atomic E-state index is 0.00778. The lowest BCUT2D eigenvalue weighted by Gasteiger charge is -2.13. The number of thioether (sulfide) groups is 1. The standard InChI is InChI=1S/C12H14N2O3S/c1-7(15)12(2)6-18-11(14-12)10-9(16)4-8(17-3)5-13-10/h4-5,16H,6H2,1-3H3/t12-/m1/s1. The molecule has 2 heterocycles. The molecule has 96 valence electrons. The summed E-state index contributed by atoms with van der Waals surface area (Å²) in [7, 11) is 1.50. The highest BCUT2D eigenvalue weighted by Crippen LogP contribution is 2.34. The highest BCUT2D eigenvalue weighted by molar-refractivity contribution is 8.14. The summed E-state index contributed by atoms with van der Waals surface area (Å²) < 4.78 is 4.97. The molecule has 1 aromatic rings. The average molecular weight is 266 g/mol. The Hall–Kier alpha value is -1.56. The van der Waals surface area contributed by atoms with Gasteiger partial charge in [-0.1, -0.05) is 0 Å². The zero-order valence-electron chi connectivity index (χ0n) is 10.4. The molecule has 1 N–H and O–H groups in total. The zero-order valence-corrected chi connectivity index (χ0v) is 11.2. The van der Waals surface area contributed by atoms with Gasteiger partial charge in [0.2, 0.25) is 0 Å². The number of Topliss-reactive ketones (excluding diaryl/α,β-unsaturated/α-hetero) is 1. The third-order valence-electron chi connectivity index (χ3n) is 2.88. The van der Waals surface area contributed by atoms with E-state index in [0.717, 1.165) is 0 Å². The SMILES string of the molecule is COc1cnc(C2=N[C@@](C)(C(C)=O)CS2)c(O)c1. The van der Waals surface area contributed by atoms with Gasteiger partial charge in [-0.2, -0.15) is 0 Å². The average Bonchev–Trinajstić information content (AvgIpc) is 2.73. The third-order valence-corrected chi connectivity index (χ3v) is 4.14. The first-order valence-corrected chi connectivity index (χ1v) is 6.42. The first kappa shape index (κ1) is 12.9. The van der Waals surface area contributed by atoms with Crippen molar-refractivity contribution < 1.29 is 14.6 Å². The minimum Gasteiger partial charge on any atom is -0.505 e. The van der Waals surface area contributed by atoms with Gasteiger partial charge < -0.3 is 9.84 Å². The van der Waals surface area contributed by atoms with Crippen LogP contribution in [0.15, 0.2) is 17.3 Å². The zero-order chi connectivity index (χ0) is 13.3. The molecule has 0 saturated carbocycles. The van der Waals surface area contributed by atoms with Gasteiger partial charge in [-0.25, -0.2) is 4.98 Å². The second kappa shape index (κ2) is 4.61. The molecule has 0 amide bonds. The number of ketones is 1. The number of rotatable bonds is 3. The highest BCUT2D eigenvalue weighted by atomic mass is 32.2. The molecule has 5 nitrogen and oxygen atoms in total. The van der Waals surface area contributed by atoms with E-state index in [1.165, 1.54) is 38.1 Å². The molecule has 0 saturated heterocycles. The molecule has 0 fully saturated rings. The Kier molecular flexibility index (Phi) is 3.30. The summed E-state index contributed by atoms with van der Waals surface area (Å²) in [5.41, 5.74) is -0.320. The first-order valence-electron chi connectivity index (χ1n) is 5.43. The fourth-order valence-corrected chi connectivity index (χ4v) is 2.76. The molecule has 0 aromatic carbocycles. The summed E-state index contributed by atoms with van der Waals surface area (Å²) in [6, 6.07) is 1.48. The Bertz CT molecular complexity index is 530. The second-order valence-corrected chi connectivity index (χ2v) is 5.24. The number of pyridine rings is 1. The van der Waals surface area contributed by atoms with E-state index in [0.29, 0.717) is 22.2 Å². The summed E-state index contributed by atoms with van der Waals surface area (Å²) in [4.78, 5) is 20.0. The second-order valence-electron chi connectivity index (χ2n) is 4.28. The predicted octanol–water partition coefficient (Wildman–Crippen LogP) is 1.64. The van der Waals surface area contributed by atoms with Gasteiger partial charge in [0.15, 0.2) is 5.78 Å². The number of carbonyl (C=O) groups is 1. The van der Waals surface area contributed by atoms with Gasteiger partial charge in [-0.15, -0.1) is 11.8 Å². The maximum atomic E-state index is 11.5. The summed E-state index contributed by atoms with van der Waals surface area (Å²) in [6.45, 7) is 3.31. The van der Waals surface area contributed by atoms with Gasteiger partial charge >= 0.3 is 0 Å². The van der Waals surface area contributed by atoms with Crippen molar-refractivity contribution in [1.82, 2.24) is 4.98 Å². The molecule has 0 bridgehead atoms. The summed E-state index contributed by atoms with van der Waals surface area (Å²) >= 11 is 1.42. The molecule has 6 heteroatoms. The molecule has 1 aromatic heterocycles.